The second-order valence-corrected chi connectivity index (χ2v) is 9.84. The maximum atomic E-state index is 12.8. The Morgan fingerprint density at radius 3 is 2.24 bits per heavy atom. The fraction of sp³-hybridized carbons (Fsp3) is 0.111. The lowest BCUT2D eigenvalue weighted by atomic mass is 10.1. The summed E-state index contributed by atoms with van der Waals surface area (Å²) in [5.41, 5.74) is 1.85. The fourth-order valence-corrected chi connectivity index (χ4v) is 4.59. The molecule has 2 amide bonds. The molecule has 4 aromatic rings. The molecule has 0 atom stereocenters. The molecule has 0 aliphatic heterocycles. The highest BCUT2D eigenvalue weighted by Gasteiger charge is 2.19. The third-order valence-corrected chi connectivity index (χ3v) is 6.79. The molecule has 0 radical (unpaired) electrons. The molecule has 8 nitrogen and oxygen atoms in total. The molecule has 0 saturated heterocycles. The summed E-state index contributed by atoms with van der Waals surface area (Å²) in [5, 5.41) is 2.74. The molecule has 1 heterocycles. The zero-order valence-electron chi connectivity index (χ0n) is 20.0. The lowest BCUT2D eigenvalue weighted by Gasteiger charge is -2.08. The van der Waals surface area contributed by atoms with Crippen LogP contribution >= 0.6 is 0 Å². The number of sulfonamides is 1. The second-order valence-electron chi connectivity index (χ2n) is 8.15. The first-order valence-electron chi connectivity index (χ1n) is 11.3. The summed E-state index contributed by atoms with van der Waals surface area (Å²) in [7, 11) is -3.97. The number of furan rings is 1. The largest absolute Gasteiger partial charge is 0.461 e. The van der Waals surface area contributed by atoms with Gasteiger partial charge < -0.3 is 14.5 Å². The van der Waals surface area contributed by atoms with E-state index in [0.717, 1.165) is 0 Å². The van der Waals surface area contributed by atoms with Gasteiger partial charge in [-0.3, -0.25) is 9.59 Å². The zero-order chi connectivity index (χ0) is 27.3. The van der Waals surface area contributed by atoms with E-state index in [4.69, 9.17) is 4.42 Å². The number of amides is 2. The van der Waals surface area contributed by atoms with E-state index < -0.39 is 28.4 Å². The fourth-order valence-electron chi connectivity index (χ4n) is 3.58. The van der Waals surface area contributed by atoms with Gasteiger partial charge in [-0.25, -0.2) is 13.1 Å². The van der Waals surface area contributed by atoms with Crippen LogP contribution in [0.4, 0.5) is 14.5 Å². The van der Waals surface area contributed by atoms with Crippen molar-refractivity contribution in [3.63, 3.8) is 0 Å². The van der Waals surface area contributed by atoms with Gasteiger partial charge in [-0.1, -0.05) is 30.3 Å². The van der Waals surface area contributed by atoms with Gasteiger partial charge in [0.25, 0.3) is 15.9 Å². The predicted octanol–water partition coefficient (Wildman–Crippen LogP) is 5.16. The molecule has 196 valence electrons. The van der Waals surface area contributed by atoms with Crippen molar-refractivity contribution in [3.05, 3.63) is 102 Å². The van der Waals surface area contributed by atoms with Crippen LogP contribution in [0.1, 0.15) is 21.7 Å². The van der Waals surface area contributed by atoms with E-state index in [9.17, 15) is 26.8 Å². The van der Waals surface area contributed by atoms with Gasteiger partial charge in [0.05, 0.1) is 16.9 Å². The molecule has 0 aliphatic carbocycles. The van der Waals surface area contributed by atoms with Gasteiger partial charge in [0.2, 0.25) is 5.91 Å². The third kappa shape index (κ3) is 6.62. The number of carbonyl (C=O) groups excluding carboxylic acids is 2. The smallest absolute Gasteiger partial charge is 0.387 e. The Hall–Kier alpha value is -4.51. The van der Waals surface area contributed by atoms with Crippen molar-refractivity contribution >= 4 is 27.5 Å². The molecule has 0 unspecified atom stereocenters. The number of aryl methyl sites for hydroxylation is 1. The molecular formula is C27H22F2N2O6S. The summed E-state index contributed by atoms with van der Waals surface area (Å²) >= 11 is 0. The van der Waals surface area contributed by atoms with Crippen molar-refractivity contribution in [3.8, 4) is 17.1 Å². The van der Waals surface area contributed by atoms with Gasteiger partial charge in [0.1, 0.15) is 17.3 Å². The summed E-state index contributed by atoms with van der Waals surface area (Å²) in [5.74, 6) is -0.388. The number of benzene rings is 3. The number of nitrogens with one attached hydrogen (secondary N) is 2. The summed E-state index contributed by atoms with van der Waals surface area (Å²) in [4.78, 5) is 25.1. The summed E-state index contributed by atoms with van der Waals surface area (Å²) < 4.78 is 61.3. The van der Waals surface area contributed by atoms with Gasteiger partial charge in [0.15, 0.2) is 0 Å². The van der Waals surface area contributed by atoms with Crippen LogP contribution in [0.2, 0.25) is 0 Å². The van der Waals surface area contributed by atoms with Crippen molar-refractivity contribution in [2.24, 2.45) is 0 Å². The number of anilines is 1. The van der Waals surface area contributed by atoms with Gasteiger partial charge in [-0.05, 0) is 67.1 Å². The highest BCUT2D eigenvalue weighted by Crippen LogP contribution is 2.28. The molecule has 1 aromatic heterocycles. The van der Waals surface area contributed by atoms with E-state index in [-0.39, 0.29) is 22.6 Å². The van der Waals surface area contributed by atoms with Gasteiger partial charge in [0, 0.05) is 11.3 Å². The molecule has 0 bridgehead atoms. The molecule has 38 heavy (non-hydrogen) atoms. The van der Waals surface area contributed by atoms with Crippen LogP contribution in [0.3, 0.4) is 0 Å². The van der Waals surface area contributed by atoms with Crippen LogP contribution in [0.15, 0.2) is 94.2 Å². The Kier molecular flexibility index (Phi) is 7.87. The average molecular weight is 541 g/mol. The lowest BCUT2D eigenvalue weighted by molar-refractivity contribution is -0.118. The quantitative estimate of drug-likeness (QED) is 0.303. The molecule has 0 aliphatic rings. The molecule has 0 fully saturated rings. The number of alkyl halides is 2. The van der Waals surface area contributed by atoms with Crippen LogP contribution in [-0.4, -0.2) is 26.8 Å². The van der Waals surface area contributed by atoms with Crippen molar-refractivity contribution in [1.29, 1.82) is 0 Å². The van der Waals surface area contributed by atoms with E-state index in [0.29, 0.717) is 28.3 Å². The highest BCUT2D eigenvalue weighted by atomic mass is 32.2. The van der Waals surface area contributed by atoms with Crippen LogP contribution in [0.5, 0.6) is 5.75 Å². The summed E-state index contributed by atoms with van der Waals surface area (Å²) in [6, 6.07) is 21.3. The Labute approximate surface area is 217 Å². The average Bonchev–Trinajstić information content (AvgIpc) is 3.27. The first-order valence-corrected chi connectivity index (χ1v) is 12.8. The van der Waals surface area contributed by atoms with E-state index in [1.54, 1.807) is 55.5 Å². The predicted molar refractivity (Wildman–Crippen MR) is 135 cm³/mol. The maximum Gasteiger partial charge on any atom is 0.387 e. The molecular weight excluding hydrogens is 518 g/mol. The van der Waals surface area contributed by atoms with Gasteiger partial charge >= 0.3 is 6.61 Å². The minimum Gasteiger partial charge on any atom is -0.461 e. The van der Waals surface area contributed by atoms with Crippen molar-refractivity contribution in [1.82, 2.24) is 4.72 Å². The zero-order valence-corrected chi connectivity index (χ0v) is 20.8. The molecule has 2 N–H and O–H groups in total. The Balaban J connectivity index is 1.37. The van der Waals surface area contributed by atoms with Crippen LogP contribution in [-0.2, 0) is 21.2 Å². The monoisotopic (exact) mass is 540 g/mol. The normalized spacial score (nSPS) is 11.3. The minimum atomic E-state index is -3.97. The molecule has 4 rings (SSSR count). The van der Waals surface area contributed by atoms with Crippen LogP contribution in [0, 0.1) is 6.92 Å². The number of hydrogen-bond acceptors (Lipinski definition) is 6. The molecule has 3 aromatic carbocycles. The lowest BCUT2D eigenvalue weighted by Crippen LogP contribution is -2.31. The summed E-state index contributed by atoms with van der Waals surface area (Å²) in [6.07, 6.45) is -0.175. The van der Waals surface area contributed by atoms with E-state index in [1.165, 1.54) is 36.4 Å². The topological polar surface area (TPSA) is 115 Å². The second kappa shape index (κ2) is 11.3. The number of ether oxygens (including phenoxy) is 1. The number of carbonyl (C=O) groups is 2. The van der Waals surface area contributed by atoms with E-state index >= 15 is 0 Å². The van der Waals surface area contributed by atoms with E-state index in [1.807, 2.05) is 4.72 Å². The van der Waals surface area contributed by atoms with Crippen LogP contribution < -0.4 is 14.8 Å². The molecule has 11 heteroatoms. The first-order chi connectivity index (χ1) is 18.1. The number of halogens is 2. The van der Waals surface area contributed by atoms with Crippen LogP contribution in [0.25, 0.3) is 11.3 Å². The van der Waals surface area contributed by atoms with Crippen molar-refractivity contribution < 1.29 is 35.9 Å². The molecule has 0 spiro atoms. The first kappa shape index (κ1) is 26.6. The Morgan fingerprint density at radius 2 is 1.61 bits per heavy atom. The Bertz CT molecular complexity index is 1530. The number of rotatable bonds is 9. The maximum absolute atomic E-state index is 12.8. The van der Waals surface area contributed by atoms with Crippen molar-refractivity contribution in [2.75, 3.05) is 5.32 Å². The third-order valence-electron chi connectivity index (χ3n) is 5.40. The standard InChI is InChI=1S/C27H22F2N2O6S/c1-17-23(16-24(36-17)19-9-13-21(14-10-19)37-27(28)29)26(33)30-20-11-7-18(8-12-20)15-25(32)31-38(34,35)22-5-3-2-4-6-22/h2-14,16,27H,15H2,1H3,(H,30,33)(H,31,32). The molecule has 0 saturated carbocycles. The SMILES string of the molecule is Cc1oc(-c2ccc(OC(F)F)cc2)cc1C(=O)Nc1ccc(CC(=O)NS(=O)(=O)c2ccccc2)cc1. The van der Waals surface area contributed by atoms with Gasteiger partial charge in [-0.2, -0.15) is 8.78 Å². The van der Waals surface area contributed by atoms with E-state index in [2.05, 4.69) is 10.1 Å². The number of hydrogen-bond donors (Lipinski definition) is 2. The van der Waals surface area contributed by atoms with Crippen molar-refractivity contribution in [2.45, 2.75) is 24.9 Å². The Morgan fingerprint density at radius 1 is 0.947 bits per heavy atom. The van der Waals surface area contributed by atoms with Gasteiger partial charge in [-0.15, -0.1) is 0 Å². The minimum absolute atomic E-state index is 0.00346. The highest BCUT2D eigenvalue weighted by molar-refractivity contribution is 7.90. The summed E-state index contributed by atoms with van der Waals surface area (Å²) in [6.45, 7) is -1.30.